The molecule has 0 amide bonds. The third-order valence-corrected chi connectivity index (χ3v) is 4.96. The van der Waals surface area contributed by atoms with Crippen molar-refractivity contribution in [1.82, 2.24) is 19.9 Å². The van der Waals surface area contributed by atoms with Crippen LogP contribution in [0.5, 0.6) is 0 Å². The van der Waals surface area contributed by atoms with Gasteiger partial charge in [-0.2, -0.15) is 10.5 Å². The molecule has 0 N–H and O–H groups in total. The van der Waals surface area contributed by atoms with E-state index < -0.39 is 0 Å². The van der Waals surface area contributed by atoms with E-state index in [0.717, 1.165) is 29.9 Å². The Morgan fingerprint density at radius 2 is 1.26 bits per heavy atom. The summed E-state index contributed by atoms with van der Waals surface area (Å²) in [6.45, 7) is 0. The lowest BCUT2D eigenvalue weighted by Crippen LogP contribution is -2.13. The van der Waals surface area contributed by atoms with Crippen LogP contribution < -0.4 is 0 Å². The molecular weight excluding hydrogens is 380 g/mol. The van der Waals surface area contributed by atoms with Gasteiger partial charge in [0, 0.05) is 59.5 Å². The topological polar surface area (TPSA) is 116 Å². The first-order chi connectivity index (χ1) is 13.2. The van der Waals surface area contributed by atoms with Crippen molar-refractivity contribution in [2.75, 3.05) is 0 Å². The first kappa shape index (κ1) is 18.8. The summed E-state index contributed by atoms with van der Waals surface area (Å²) in [5, 5.41) is 22.7. The van der Waals surface area contributed by atoms with E-state index in [4.69, 9.17) is 10.5 Å². The maximum atomic E-state index is 12.9. The molecule has 132 valence electrons. The zero-order chi connectivity index (χ0) is 19.1. The lowest BCUT2D eigenvalue weighted by molar-refractivity contribution is -0.112. The number of carbonyl (C=O) groups excluding carboxylic acids is 1. The molecule has 27 heavy (non-hydrogen) atoms. The molecule has 0 saturated heterocycles. The Hall–Kier alpha value is -3.01. The van der Waals surface area contributed by atoms with Gasteiger partial charge in [-0.1, -0.05) is 0 Å². The number of carbonyl (C=O) groups is 1. The van der Waals surface area contributed by atoms with E-state index in [0.29, 0.717) is 45.4 Å². The SMILES string of the molecule is N#CSc1nccnc1C=C1CCCC(=Cc2nccnc2SC#N)C1=O. The fraction of sp³-hybridized carbons (Fsp3) is 0.167. The number of hydrogen-bond donors (Lipinski definition) is 0. The van der Waals surface area contributed by atoms with Gasteiger partial charge in [0.15, 0.2) is 5.78 Å². The number of aromatic nitrogens is 4. The van der Waals surface area contributed by atoms with Gasteiger partial charge < -0.3 is 0 Å². The predicted octanol–water partition coefficient (Wildman–Crippen LogP) is 3.63. The summed E-state index contributed by atoms with van der Waals surface area (Å²) in [7, 11) is 0. The van der Waals surface area contributed by atoms with Crippen molar-refractivity contribution in [2.24, 2.45) is 0 Å². The van der Waals surface area contributed by atoms with E-state index in [1.54, 1.807) is 12.2 Å². The van der Waals surface area contributed by atoms with Gasteiger partial charge in [-0.25, -0.2) is 9.97 Å². The minimum atomic E-state index is -0.0848. The third-order valence-electron chi connectivity index (χ3n) is 3.76. The smallest absolute Gasteiger partial charge is 0.185 e. The number of allylic oxidation sites excluding steroid dienone is 2. The summed E-state index contributed by atoms with van der Waals surface area (Å²) in [6, 6.07) is 0. The van der Waals surface area contributed by atoms with Crippen molar-refractivity contribution in [3.63, 3.8) is 0 Å². The van der Waals surface area contributed by atoms with E-state index in [1.165, 1.54) is 24.8 Å². The summed E-state index contributed by atoms with van der Waals surface area (Å²) < 4.78 is 0. The quantitative estimate of drug-likeness (QED) is 0.436. The molecular formula is C18H12N6OS2. The van der Waals surface area contributed by atoms with Crippen LogP contribution >= 0.6 is 23.5 Å². The molecule has 1 aliphatic carbocycles. The molecule has 9 heteroatoms. The van der Waals surface area contributed by atoms with Gasteiger partial charge in [0.05, 0.1) is 11.4 Å². The second-order valence-electron chi connectivity index (χ2n) is 5.40. The highest BCUT2D eigenvalue weighted by Crippen LogP contribution is 2.30. The van der Waals surface area contributed by atoms with Crippen LogP contribution in [0.25, 0.3) is 12.2 Å². The molecule has 0 aliphatic heterocycles. The summed E-state index contributed by atoms with van der Waals surface area (Å²) in [5.74, 6) is -0.0848. The average Bonchev–Trinajstić information content (AvgIpc) is 2.68. The van der Waals surface area contributed by atoms with Crippen LogP contribution in [0.3, 0.4) is 0 Å². The van der Waals surface area contributed by atoms with Crippen LogP contribution in [0.15, 0.2) is 46.0 Å². The molecule has 1 aliphatic rings. The number of Topliss-reactive ketones (excluding diaryl/α,β-unsaturated/α-hetero) is 1. The minimum absolute atomic E-state index is 0.0848. The van der Waals surface area contributed by atoms with Crippen molar-refractivity contribution in [2.45, 2.75) is 29.3 Å². The lowest BCUT2D eigenvalue weighted by atomic mass is 9.88. The van der Waals surface area contributed by atoms with Gasteiger partial charge in [-0.3, -0.25) is 14.8 Å². The first-order valence-corrected chi connectivity index (χ1v) is 9.56. The van der Waals surface area contributed by atoms with E-state index in [9.17, 15) is 4.79 Å². The summed E-state index contributed by atoms with van der Waals surface area (Å²) in [5.41, 5.74) is 2.25. The molecule has 2 aromatic heterocycles. The van der Waals surface area contributed by atoms with Gasteiger partial charge >= 0.3 is 0 Å². The Labute approximate surface area is 164 Å². The van der Waals surface area contributed by atoms with Crippen molar-refractivity contribution < 1.29 is 4.79 Å². The van der Waals surface area contributed by atoms with E-state index in [1.807, 2.05) is 10.8 Å². The number of nitrogens with zero attached hydrogens (tertiary/aromatic N) is 6. The van der Waals surface area contributed by atoms with Crippen LogP contribution in [-0.2, 0) is 4.79 Å². The first-order valence-electron chi connectivity index (χ1n) is 7.92. The Bertz CT molecular complexity index is 939. The van der Waals surface area contributed by atoms with Crippen LogP contribution in [0.4, 0.5) is 0 Å². The summed E-state index contributed by atoms with van der Waals surface area (Å²) in [6.07, 6.45) is 11.5. The van der Waals surface area contributed by atoms with E-state index >= 15 is 0 Å². The molecule has 0 radical (unpaired) electrons. The highest BCUT2D eigenvalue weighted by molar-refractivity contribution is 8.03. The molecule has 0 atom stereocenters. The number of hydrogen-bond acceptors (Lipinski definition) is 9. The number of thiocyanates is 2. The number of nitriles is 2. The molecule has 0 unspecified atom stereocenters. The normalized spacial score (nSPS) is 16.9. The summed E-state index contributed by atoms with van der Waals surface area (Å²) in [4.78, 5) is 29.6. The molecule has 0 bridgehead atoms. The zero-order valence-electron chi connectivity index (χ0n) is 14.0. The Morgan fingerprint density at radius 3 is 1.70 bits per heavy atom. The largest absolute Gasteiger partial charge is 0.289 e. The lowest BCUT2D eigenvalue weighted by Gasteiger charge is -2.16. The van der Waals surface area contributed by atoms with Gasteiger partial charge in [0.2, 0.25) is 0 Å². The molecule has 1 fully saturated rings. The Kier molecular flexibility index (Phi) is 6.31. The zero-order valence-corrected chi connectivity index (χ0v) is 15.6. The van der Waals surface area contributed by atoms with Crippen LogP contribution in [0.1, 0.15) is 30.7 Å². The molecule has 2 aromatic rings. The van der Waals surface area contributed by atoms with Gasteiger partial charge in [-0.15, -0.1) is 0 Å². The van der Waals surface area contributed by atoms with Crippen LogP contribution in [0.2, 0.25) is 0 Å². The van der Waals surface area contributed by atoms with Gasteiger partial charge in [-0.05, 0) is 31.4 Å². The molecule has 0 aromatic carbocycles. The minimum Gasteiger partial charge on any atom is -0.289 e. The second-order valence-corrected chi connectivity index (χ2v) is 6.95. The summed E-state index contributed by atoms with van der Waals surface area (Å²) >= 11 is 1.82. The molecule has 1 saturated carbocycles. The fourth-order valence-electron chi connectivity index (χ4n) is 2.62. The molecule has 0 spiro atoms. The van der Waals surface area contributed by atoms with Crippen LogP contribution in [-0.4, -0.2) is 25.7 Å². The highest BCUT2D eigenvalue weighted by Gasteiger charge is 2.22. The number of ketones is 1. The molecule has 7 nitrogen and oxygen atoms in total. The monoisotopic (exact) mass is 392 g/mol. The number of rotatable bonds is 4. The standard InChI is InChI=1S/C18H12N6OS2/c19-10-26-17-14(21-4-6-23-17)8-12-2-1-3-13(16(12)25)9-15-18(27-11-20)24-7-5-22-15/h4-9H,1-3H2. The highest BCUT2D eigenvalue weighted by atomic mass is 32.2. The third kappa shape index (κ3) is 4.59. The van der Waals surface area contributed by atoms with Crippen molar-refractivity contribution in [3.05, 3.63) is 47.3 Å². The van der Waals surface area contributed by atoms with Crippen molar-refractivity contribution >= 4 is 41.5 Å². The van der Waals surface area contributed by atoms with E-state index in [-0.39, 0.29) is 5.78 Å². The second kappa shape index (κ2) is 9.08. The van der Waals surface area contributed by atoms with Gasteiger partial charge in [0.1, 0.15) is 20.9 Å². The molecule has 3 rings (SSSR count). The Balaban J connectivity index is 1.94. The van der Waals surface area contributed by atoms with Crippen LogP contribution in [0, 0.1) is 21.3 Å². The predicted molar refractivity (Wildman–Crippen MR) is 102 cm³/mol. The maximum Gasteiger partial charge on any atom is 0.185 e. The van der Waals surface area contributed by atoms with Crippen molar-refractivity contribution in [3.8, 4) is 10.8 Å². The average molecular weight is 392 g/mol. The van der Waals surface area contributed by atoms with Crippen molar-refractivity contribution in [1.29, 1.82) is 10.5 Å². The number of thioether (sulfide) groups is 2. The maximum absolute atomic E-state index is 12.9. The molecule has 2 heterocycles. The van der Waals surface area contributed by atoms with Gasteiger partial charge in [0.25, 0.3) is 0 Å². The van der Waals surface area contributed by atoms with E-state index in [2.05, 4.69) is 19.9 Å². The Morgan fingerprint density at radius 1 is 0.815 bits per heavy atom. The fourth-order valence-corrected chi connectivity index (χ4v) is 3.45.